The molecule has 0 saturated carbocycles. The lowest BCUT2D eigenvalue weighted by Crippen LogP contribution is -2.10. The number of anilines is 3. The molecular formula is C11H12BrN3S. The number of nitrogens with one attached hydrogen (secondary N) is 1. The highest BCUT2D eigenvalue weighted by atomic mass is 79.9. The lowest BCUT2D eigenvalue weighted by molar-refractivity contribution is 1.13. The summed E-state index contributed by atoms with van der Waals surface area (Å²) < 4.78 is 0.863. The van der Waals surface area contributed by atoms with Crippen LogP contribution in [0.1, 0.15) is 0 Å². The smallest absolute Gasteiger partial charge is 0.188 e. The van der Waals surface area contributed by atoms with E-state index in [0.717, 1.165) is 21.1 Å². The second-order valence-corrected chi connectivity index (χ2v) is 5.18. The summed E-state index contributed by atoms with van der Waals surface area (Å²) in [4.78, 5) is 6.39. The zero-order valence-electron chi connectivity index (χ0n) is 9.07. The molecule has 3 nitrogen and oxygen atoms in total. The van der Waals surface area contributed by atoms with Gasteiger partial charge in [-0.25, -0.2) is 4.98 Å². The fourth-order valence-corrected chi connectivity index (χ4v) is 2.55. The minimum absolute atomic E-state index is 0.863. The molecule has 0 atom stereocenters. The molecule has 0 fully saturated rings. The van der Waals surface area contributed by atoms with Gasteiger partial charge in [0.25, 0.3) is 0 Å². The van der Waals surface area contributed by atoms with E-state index in [1.54, 1.807) is 11.3 Å². The van der Waals surface area contributed by atoms with Gasteiger partial charge in [-0.3, -0.25) is 0 Å². The summed E-state index contributed by atoms with van der Waals surface area (Å²) in [6, 6.07) is 8.16. The third kappa shape index (κ3) is 2.54. The van der Waals surface area contributed by atoms with Gasteiger partial charge in [0.2, 0.25) is 0 Å². The maximum atomic E-state index is 4.31. The molecule has 84 valence electrons. The van der Waals surface area contributed by atoms with Gasteiger partial charge in [-0.1, -0.05) is 12.1 Å². The topological polar surface area (TPSA) is 28.2 Å². The van der Waals surface area contributed by atoms with Gasteiger partial charge in [-0.05, 0) is 28.1 Å². The Labute approximate surface area is 107 Å². The number of halogens is 1. The van der Waals surface area contributed by atoms with Crippen LogP contribution in [0.4, 0.5) is 16.5 Å². The van der Waals surface area contributed by atoms with Crippen LogP contribution in [0.3, 0.4) is 0 Å². The Morgan fingerprint density at radius 2 is 2.06 bits per heavy atom. The monoisotopic (exact) mass is 297 g/mol. The molecule has 0 radical (unpaired) electrons. The second kappa shape index (κ2) is 4.84. The van der Waals surface area contributed by atoms with E-state index in [1.807, 2.05) is 37.7 Å². The van der Waals surface area contributed by atoms with Crippen molar-refractivity contribution < 1.29 is 0 Å². The molecule has 0 aliphatic rings. The Morgan fingerprint density at radius 1 is 1.31 bits per heavy atom. The normalized spacial score (nSPS) is 10.2. The summed E-state index contributed by atoms with van der Waals surface area (Å²) in [5.41, 5.74) is 2.21. The molecule has 0 aliphatic heterocycles. The SMILES string of the molecule is CN(C)c1ccccc1Nc1nc(Br)cs1. The third-order valence-corrected chi connectivity index (χ3v) is 3.57. The Kier molecular flexibility index (Phi) is 3.46. The fraction of sp³-hybridized carbons (Fsp3) is 0.182. The summed E-state index contributed by atoms with van der Waals surface area (Å²) >= 11 is 4.92. The number of nitrogens with zero attached hydrogens (tertiary/aromatic N) is 2. The largest absolute Gasteiger partial charge is 0.376 e. The van der Waals surface area contributed by atoms with Crippen LogP contribution in [0.25, 0.3) is 0 Å². The van der Waals surface area contributed by atoms with Gasteiger partial charge >= 0.3 is 0 Å². The first kappa shape index (κ1) is 11.4. The maximum Gasteiger partial charge on any atom is 0.188 e. The summed E-state index contributed by atoms with van der Waals surface area (Å²) in [7, 11) is 4.05. The first-order valence-corrected chi connectivity index (χ1v) is 6.48. The molecule has 1 aromatic heterocycles. The molecule has 1 aromatic carbocycles. The molecule has 5 heteroatoms. The van der Waals surface area contributed by atoms with Crippen molar-refractivity contribution in [2.45, 2.75) is 0 Å². The summed E-state index contributed by atoms with van der Waals surface area (Å²) in [6.07, 6.45) is 0. The second-order valence-electron chi connectivity index (χ2n) is 3.51. The molecule has 2 aromatic rings. The highest BCUT2D eigenvalue weighted by molar-refractivity contribution is 9.10. The Hall–Kier alpha value is -1.07. The summed E-state index contributed by atoms with van der Waals surface area (Å²) in [5.74, 6) is 0. The average Bonchev–Trinajstić information content (AvgIpc) is 2.64. The van der Waals surface area contributed by atoms with E-state index in [9.17, 15) is 0 Å². The van der Waals surface area contributed by atoms with Crippen molar-refractivity contribution in [3.05, 3.63) is 34.2 Å². The van der Waals surface area contributed by atoms with Crippen LogP contribution in [0.5, 0.6) is 0 Å². The molecule has 0 bridgehead atoms. The molecule has 0 unspecified atom stereocenters. The van der Waals surface area contributed by atoms with E-state index in [1.165, 1.54) is 0 Å². The first-order chi connectivity index (χ1) is 7.66. The molecule has 0 spiro atoms. The number of benzene rings is 1. The number of thiazole rings is 1. The van der Waals surface area contributed by atoms with Crippen molar-refractivity contribution in [2.24, 2.45) is 0 Å². The predicted molar refractivity (Wildman–Crippen MR) is 73.9 cm³/mol. The van der Waals surface area contributed by atoms with Crippen LogP contribution in [-0.4, -0.2) is 19.1 Å². The Morgan fingerprint density at radius 3 is 2.69 bits per heavy atom. The van der Waals surface area contributed by atoms with Gasteiger partial charge in [0.05, 0.1) is 11.4 Å². The van der Waals surface area contributed by atoms with Crippen LogP contribution in [0.15, 0.2) is 34.2 Å². The molecular weight excluding hydrogens is 286 g/mol. The van der Waals surface area contributed by atoms with Gasteiger partial charge in [-0.2, -0.15) is 0 Å². The van der Waals surface area contributed by atoms with E-state index in [2.05, 4.69) is 37.2 Å². The molecule has 1 heterocycles. The molecule has 16 heavy (non-hydrogen) atoms. The average molecular weight is 298 g/mol. The van der Waals surface area contributed by atoms with E-state index in [0.29, 0.717) is 0 Å². The number of hydrogen-bond donors (Lipinski definition) is 1. The molecule has 1 N–H and O–H groups in total. The molecule has 0 aliphatic carbocycles. The Bertz CT molecular complexity index is 482. The lowest BCUT2D eigenvalue weighted by atomic mass is 10.2. The minimum atomic E-state index is 0.863. The number of para-hydroxylation sites is 2. The summed E-state index contributed by atoms with van der Waals surface area (Å²) in [5, 5.41) is 6.16. The van der Waals surface area contributed by atoms with E-state index < -0.39 is 0 Å². The van der Waals surface area contributed by atoms with Crippen molar-refractivity contribution in [3.8, 4) is 0 Å². The van der Waals surface area contributed by atoms with Crippen molar-refractivity contribution >= 4 is 43.8 Å². The van der Waals surface area contributed by atoms with Crippen molar-refractivity contribution in [1.82, 2.24) is 4.98 Å². The fourth-order valence-electron chi connectivity index (χ4n) is 1.40. The van der Waals surface area contributed by atoms with Crippen LogP contribution in [0, 0.1) is 0 Å². The van der Waals surface area contributed by atoms with E-state index in [4.69, 9.17) is 0 Å². The zero-order valence-corrected chi connectivity index (χ0v) is 11.5. The van der Waals surface area contributed by atoms with Crippen LogP contribution in [-0.2, 0) is 0 Å². The first-order valence-electron chi connectivity index (χ1n) is 4.81. The third-order valence-electron chi connectivity index (χ3n) is 2.10. The quantitative estimate of drug-likeness (QED) is 0.936. The van der Waals surface area contributed by atoms with Gasteiger partial charge in [0.1, 0.15) is 4.60 Å². The van der Waals surface area contributed by atoms with Gasteiger partial charge < -0.3 is 10.2 Å². The maximum absolute atomic E-state index is 4.31. The standard InChI is InChI=1S/C11H12BrN3S/c1-15(2)9-6-4-3-5-8(9)13-11-14-10(12)7-16-11/h3-7H,1-2H3,(H,13,14). The van der Waals surface area contributed by atoms with Crippen molar-refractivity contribution in [1.29, 1.82) is 0 Å². The van der Waals surface area contributed by atoms with Crippen LogP contribution >= 0.6 is 27.3 Å². The highest BCUT2D eigenvalue weighted by Gasteiger charge is 2.05. The van der Waals surface area contributed by atoms with Gasteiger partial charge in [-0.15, -0.1) is 11.3 Å². The van der Waals surface area contributed by atoms with Crippen LogP contribution < -0.4 is 10.2 Å². The van der Waals surface area contributed by atoms with Gasteiger partial charge in [0, 0.05) is 19.5 Å². The number of rotatable bonds is 3. The molecule has 0 saturated heterocycles. The van der Waals surface area contributed by atoms with E-state index in [-0.39, 0.29) is 0 Å². The number of aromatic nitrogens is 1. The van der Waals surface area contributed by atoms with Crippen molar-refractivity contribution in [3.63, 3.8) is 0 Å². The number of hydrogen-bond acceptors (Lipinski definition) is 4. The van der Waals surface area contributed by atoms with Crippen molar-refractivity contribution in [2.75, 3.05) is 24.3 Å². The predicted octanol–water partition coefficient (Wildman–Crippen LogP) is 3.72. The minimum Gasteiger partial charge on any atom is -0.376 e. The lowest BCUT2D eigenvalue weighted by Gasteiger charge is -2.17. The zero-order chi connectivity index (χ0) is 11.5. The highest BCUT2D eigenvalue weighted by Crippen LogP contribution is 2.29. The summed E-state index contributed by atoms with van der Waals surface area (Å²) in [6.45, 7) is 0. The van der Waals surface area contributed by atoms with E-state index >= 15 is 0 Å². The molecule has 2 rings (SSSR count). The molecule has 0 amide bonds. The van der Waals surface area contributed by atoms with Crippen LogP contribution in [0.2, 0.25) is 0 Å². The van der Waals surface area contributed by atoms with Gasteiger partial charge in [0.15, 0.2) is 5.13 Å². The Balaban J connectivity index is 2.27.